The van der Waals surface area contributed by atoms with Gasteiger partial charge in [0, 0.05) is 36.7 Å². The molecule has 0 N–H and O–H groups in total. The summed E-state index contributed by atoms with van der Waals surface area (Å²) in [5.41, 5.74) is 1.51. The van der Waals surface area contributed by atoms with Gasteiger partial charge in [-0.25, -0.2) is 8.42 Å². The molecule has 166 valence electrons. The number of nitrogens with zero attached hydrogens (tertiary/aromatic N) is 3. The van der Waals surface area contributed by atoms with E-state index in [0.29, 0.717) is 23.2 Å². The van der Waals surface area contributed by atoms with Crippen LogP contribution in [0.5, 0.6) is 0 Å². The molecule has 4 rings (SSSR count). The van der Waals surface area contributed by atoms with E-state index < -0.39 is 10.0 Å². The van der Waals surface area contributed by atoms with E-state index in [4.69, 9.17) is 16.3 Å². The number of anilines is 1. The summed E-state index contributed by atoms with van der Waals surface area (Å²) in [5, 5.41) is 5.85. The summed E-state index contributed by atoms with van der Waals surface area (Å²) < 4.78 is 36.0. The molecule has 1 aromatic heterocycles. The molecule has 1 aliphatic heterocycles. The van der Waals surface area contributed by atoms with Crippen LogP contribution in [0.4, 0.5) is 5.69 Å². The average molecular weight is 462 g/mol. The minimum absolute atomic E-state index is 0.153. The number of benzene rings is 2. The minimum atomic E-state index is -3.75. The second-order valence-electron chi connectivity index (χ2n) is 8.51. The summed E-state index contributed by atoms with van der Waals surface area (Å²) in [4.78, 5) is 0.256. The molecular weight excluding hydrogens is 434 g/mol. The molecule has 1 saturated heterocycles. The largest absolute Gasteiger partial charge is 0.381 e. The Morgan fingerprint density at radius 3 is 2.68 bits per heavy atom. The van der Waals surface area contributed by atoms with Crippen LogP contribution in [0.15, 0.2) is 53.6 Å². The summed E-state index contributed by atoms with van der Waals surface area (Å²) in [6, 6.07) is 12.2. The van der Waals surface area contributed by atoms with Crippen molar-refractivity contribution >= 4 is 38.2 Å². The summed E-state index contributed by atoms with van der Waals surface area (Å²) in [6.45, 7) is 6.76. The predicted octanol–water partition coefficient (Wildman–Crippen LogP) is 4.97. The SMILES string of the molecule is CC(C)CN(c1cccc(Cl)c1)S(=O)(=O)c1ccc2c(cnn2CC2CCOCC2)c1. The molecule has 2 heterocycles. The molecule has 3 aromatic rings. The maximum Gasteiger partial charge on any atom is 0.264 e. The van der Waals surface area contributed by atoms with E-state index in [-0.39, 0.29) is 10.8 Å². The lowest BCUT2D eigenvalue weighted by molar-refractivity contribution is 0.0605. The van der Waals surface area contributed by atoms with Gasteiger partial charge in [-0.15, -0.1) is 0 Å². The van der Waals surface area contributed by atoms with Gasteiger partial charge in [-0.3, -0.25) is 8.99 Å². The smallest absolute Gasteiger partial charge is 0.264 e. The zero-order valence-electron chi connectivity index (χ0n) is 17.9. The highest BCUT2D eigenvalue weighted by Crippen LogP contribution is 2.29. The van der Waals surface area contributed by atoms with Gasteiger partial charge in [-0.05, 0) is 61.1 Å². The number of aromatic nitrogens is 2. The molecule has 0 unspecified atom stereocenters. The van der Waals surface area contributed by atoms with Gasteiger partial charge in [0.2, 0.25) is 0 Å². The van der Waals surface area contributed by atoms with Crippen LogP contribution in [-0.4, -0.2) is 38.0 Å². The first-order chi connectivity index (χ1) is 14.8. The monoisotopic (exact) mass is 461 g/mol. The summed E-state index contributed by atoms with van der Waals surface area (Å²) in [6.07, 6.45) is 3.80. The van der Waals surface area contributed by atoms with Crippen LogP contribution in [0.1, 0.15) is 26.7 Å². The molecule has 1 fully saturated rings. The van der Waals surface area contributed by atoms with Gasteiger partial charge in [0.1, 0.15) is 0 Å². The van der Waals surface area contributed by atoms with Crippen molar-refractivity contribution in [3.63, 3.8) is 0 Å². The van der Waals surface area contributed by atoms with Crippen molar-refractivity contribution in [2.24, 2.45) is 11.8 Å². The number of rotatable bonds is 7. The molecule has 0 atom stereocenters. The van der Waals surface area contributed by atoms with Gasteiger partial charge in [0.15, 0.2) is 0 Å². The number of sulfonamides is 1. The molecule has 0 radical (unpaired) electrons. The van der Waals surface area contributed by atoms with Crippen molar-refractivity contribution in [2.45, 2.75) is 38.1 Å². The van der Waals surface area contributed by atoms with Crippen molar-refractivity contribution < 1.29 is 13.2 Å². The minimum Gasteiger partial charge on any atom is -0.381 e. The van der Waals surface area contributed by atoms with Crippen LogP contribution in [0.2, 0.25) is 5.02 Å². The fourth-order valence-electron chi connectivity index (χ4n) is 3.98. The lowest BCUT2D eigenvalue weighted by atomic mass is 10.0. The average Bonchev–Trinajstić information content (AvgIpc) is 3.14. The van der Waals surface area contributed by atoms with Crippen molar-refractivity contribution in [3.8, 4) is 0 Å². The Balaban J connectivity index is 1.66. The molecule has 0 amide bonds. The first-order valence-electron chi connectivity index (χ1n) is 10.7. The van der Waals surface area contributed by atoms with E-state index in [2.05, 4.69) is 5.10 Å². The zero-order valence-corrected chi connectivity index (χ0v) is 19.4. The molecule has 2 aromatic carbocycles. The third-order valence-corrected chi connectivity index (χ3v) is 7.63. The van der Waals surface area contributed by atoms with Crippen LogP contribution in [-0.2, 0) is 21.3 Å². The van der Waals surface area contributed by atoms with E-state index >= 15 is 0 Å². The van der Waals surface area contributed by atoms with Crippen LogP contribution in [0.3, 0.4) is 0 Å². The van der Waals surface area contributed by atoms with E-state index in [1.165, 1.54) is 4.31 Å². The normalized spacial score (nSPS) is 15.6. The molecule has 0 saturated carbocycles. The van der Waals surface area contributed by atoms with Crippen LogP contribution in [0.25, 0.3) is 10.9 Å². The van der Waals surface area contributed by atoms with E-state index in [1.807, 2.05) is 24.6 Å². The Morgan fingerprint density at radius 1 is 1.19 bits per heavy atom. The van der Waals surface area contributed by atoms with Gasteiger partial charge in [0.05, 0.1) is 22.3 Å². The van der Waals surface area contributed by atoms with Crippen LogP contribution < -0.4 is 4.31 Å². The molecule has 8 heteroatoms. The van der Waals surface area contributed by atoms with Crippen molar-refractivity contribution in [1.29, 1.82) is 0 Å². The highest BCUT2D eigenvalue weighted by atomic mass is 35.5. The summed E-state index contributed by atoms with van der Waals surface area (Å²) in [5.74, 6) is 0.685. The van der Waals surface area contributed by atoms with Crippen molar-refractivity contribution in [2.75, 3.05) is 24.1 Å². The third-order valence-electron chi connectivity index (χ3n) is 5.60. The molecule has 1 aliphatic rings. The van der Waals surface area contributed by atoms with Crippen molar-refractivity contribution in [1.82, 2.24) is 9.78 Å². The van der Waals surface area contributed by atoms with Gasteiger partial charge in [-0.1, -0.05) is 31.5 Å². The fourth-order valence-corrected chi connectivity index (χ4v) is 5.82. The number of halogens is 1. The second-order valence-corrected chi connectivity index (χ2v) is 10.8. The first kappa shape index (κ1) is 22.1. The topological polar surface area (TPSA) is 64.4 Å². The predicted molar refractivity (Wildman–Crippen MR) is 124 cm³/mol. The first-order valence-corrected chi connectivity index (χ1v) is 12.5. The second kappa shape index (κ2) is 9.18. The molecule has 0 spiro atoms. The van der Waals surface area contributed by atoms with E-state index in [9.17, 15) is 8.42 Å². The molecule has 6 nitrogen and oxygen atoms in total. The van der Waals surface area contributed by atoms with Gasteiger partial charge >= 0.3 is 0 Å². The Bertz CT molecular complexity index is 1150. The van der Waals surface area contributed by atoms with Gasteiger partial charge < -0.3 is 4.74 Å². The summed E-state index contributed by atoms with van der Waals surface area (Å²) in [7, 11) is -3.75. The van der Waals surface area contributed by atoms with Crippen LogP contribution >= 0.6 is 11.6 Å². The number of hydrogen-bond acceptors (Lipinski definition) is 4. The zero-order chi connectivity index (χ0) is 22.0. The van der Waals surface area contributed by atoms with Gasteiger partial charge in [-0.2, -0.15) is 5.10 Å². The Hall–Kier alpha value is -2.09. The van der Waals surface area contributed by atoms with Crippen molar-refractivity contribution in [3.05, 3.63) is 53.7 Å². The number of fused-ring (bicyclic) bond motifs is 1. The number of ether oxygens (including phenoxy) is 1. The highest BCUT2D eigenvalue weighted by Gasteiger charge is 2.27. The maximum atomic E-state index is 13.6. The molecule has 0 aliphatic carbocycles. The number of hydrogen-bond donors (Lipinski definition) is 0. The Labute approximate surface area is 188 Å². The highest BCUT2D eigenvalue weighted by molar-refractivity contribution is 7.92. The summed E-state index contributed by atoms with van der Waals surface area (Å²) >= 11 is 6.14. The maximum absolute atomic E-state index is 13.6. The van der Waals surface area contributed by atoms with E-state index in [1.54, 1.807) is 42.6 Å². The van der Waals surface area contributed by atoms with Gasteiger partial charge in [0.25, 0.3) is 10.0 Å². The lowest BCUT2D eigenvalue weighted by Gasteiger charge is -2.26. The fraction of sp³-hybridized carbons (Fsp3) is 0.435. The van der Waals surface area contributed by atoms with E-state index in [0.717, 1.165) is 43.5 Å². The van der Waals surface area contributed by atoms with Crippen LogP contribution in [0, 0.1) is 11.8 Å². The Kier molecular flexibility index (Phi) is 6.55. The molecule has 0 bridgehead atoms. The standard InChI is InChI=1S/C23H28ClN3O3S/c1-17(2)15-27(21-5-3-4-20(24)13-21)31(28,29)22-6-7-23-19(12-22)14-25-26(23)16-18-8-10-30-11-9-18/h3-7,12-14,17-18H,8-11,15-16H2,1-2H3. The third kappa shape index (κ3) is 4.89. The Morgan fingerprint density at radius 2 is 1.97 bits per heavy atom. The quantitative estimate of drug-likeness (QED) is 0.498. The molecule has 31 heavy (non-hydrogen) atoms. The lowest BCUT2D eigenvalue weighted by Crippen LogP contribution is -2.34. The molecular formula is C23H28ClN3O3S.